The average molecular weight is 248 g/mol. The van der Waals surface area contributed by atoms with Crippen molar-refractivity contribution in [3.63, 3.8) is 0 Å². The number of hydrogen-bond donors (Lipinski definition) is 1. The van der Waals surface area contributed by atoms with Crippen LogP contribution in [0.15, 0.2) is 30.3 Å². The number of ether oxygens (including phenoxy) is 1. The molecule has 0 bridgehead atoms. The summed E-state index contributed by atoms with van der Waals surface area (Å²) in [4.78, 5) is 2.55. The molecule has 3 heteroatoms. The first-order valence-corrected chi connectivity index (χ1v) is 6.93. The summed E-state index contributed by atoms with van der Waals surface area (Å²) in [5, 5.41) is 3.27. The highest BCUT2D eigenvalue weighted by Gasteiger charge is 2.20. The molecule has 1 fully saturated rings. The summed E-state index contributed by atoms with van der Waals surface area (Å²) in [6.45, 7) is 5.62. The number of para-hydroxylation sites is 1. The Bertz CT molecular complexity index is 329. The van der Waals surface area contributed by atoms with Gasteiger partial charge in [0.05, 0.1) is 6.61 Å². The Hall–Kier alpha value is -1.06. The number of nitrogens with one attached hydrogen (secondary N) is 1. The molecule has 1 unspecified atom stereocenters. The predicted molar refractivity (Wildman–Crippen MR) is 75.0 cm³/mol. The summed E-state index contributed by atoms with van der Waals surface area (Å²) in [6.07, 6.45) is 2.45. The first kappa shape index (κ1) is 13.4. The van der Waals surface area contributed by atoms with Crippen LogP contribution in [0.25, 0.3) is 0 Å². The normalized spacial score (nSPS) is 20.2. The monoisotopic (exact) mass is 248 g/mol. The smallest absolute Gasteiger partial charge is 0.119 e. The molecule has 0 radical (unpaired) electrons. The van der Waals surface area contributed by atoms with Crippen molar-refractivity contribution in [2.45, 2.75) is 12.8 Å². The summed E-state index contributed by atoms with van der Waals surface area (Å²) >= 11 is 0. The quantitative estimate of drug-likeness (QED) is 0.747. The van der Waals surface area contributed by atoms with Crippen molar-refractivity contribution >= 4 is 0 Å². The summed E-state index contributed by atoms with van der Waals surface area (Å²) in [6, 6.07) is 10.1. The standard InChI is InChI=1S/C15H24N2O/c1-16-12-14-8-10-17(13-14)9-5-11-18-15-6-3-2-4-7-15/h2-4,6-7,14,16H,5,8-13H2,1H3. The topological polar surface area (TPSA) is 24.5 Å². The van der Waals surface area contributed by atoms with Crippen LogP contribution in [0.5, 0.6) is 5.75 Å². The molecule has 3 nitrogen and oxygen atoms in total. The Balaban J connectivity index is 1.56. The van der Waals surface area contributed by atoms with Crippen LogP contribution in [-0.2, 0) is 0 Å². The second-order valence-corrected chi connectivity index (χ2v) is 5.03. The number of hydrogen-bond acceptors (Lipinski definition) is 3. The van der Waals surface area contributed by atoms with Gasteiger partial charge in [0.1, 0.15) is 5.75 Å². The van der Waals surface area contributed by atoms with E-state index in [2.05, 4.69) is 10.2 Å². The zero-order valence-corrected chi connectivity index (χ0v) is 11.3. The minimum Gasteiger partial charge on any atom is -0.494 e. The third kappa shape index (κ3) is 4.31. The molecule has 100 valence electrons. The third-order valence-corrected chi connectivity index (χ3v) is 3.49. The SMILES string of the molecule is CNCC1CCN(CCCOc2ccccc2)C1. The van der Waals surface area contributed by atoms with E-state index in [1.807, 2.05) is 37.4 Å². The van der Waals surface area contributed by atoms with Gasteiger partial charge < -0.3 is 15.0 Å². The van der Waals surface area contributed by atoms with Crippen LogP contribution in [0.2, 0.25) is 0 Å². The minimum atomic E-state index is 0.817. The van der Waals surface area contributed by atoms with Crippen LogP contribution in [0.1, 0.15) is 12.8 Å². The molecule has 1 saturated heterocycles. The molecule has 1 aromatic rings. The van der Waals surface area contributed by atoms with Crippen molar-refractivity contribution in [2.75, 3.05) is 39.8 Å². The van der Waals surface area contributed by atoms with Crippen molar-refractivity contribution in [3.05, 3.63) is 30.3 Å². The number of benzene rings is 1. The maximum atomic E-state index is 5.70. The summed E-state index contributed by atoms with van der Waals surface area (Å²) in [5.41, 5.74) is 0. The van der Waals surface area contributed by atoms with Crippen LogP contribution in [0.4, 0.5) is 0 Å². The van der Waals surface area contributed by atoms with Crippen LogP contribution in [-0.4, -0.2) is 44.7 Å². The van der Waals surface area contributed by atoms with E-state index >= 15 is 0 Å². The summed E-state index contributed by atoms with van der Waals surface area (Å²) < 4.78 is 5.70. The average Bonchev–Trinajstić information content (AvgIpc) is 2.84. The molecule has 0 amide bonds. The summed E-state index contributed by atoms with van der Waals surface area (Å²) in [7, 11) is 2.04. The molecule has 1 heterocycles. The third-order valence-electron chi connectivity index (χ3n) is 3.49. The molecule has 1 atom stereocenters. The highest BCUT2D eigenvalue weighted by Crippen LogP contribution is 2.15. The fraction of sp³-hybridized carbons (Fsp3) is 0.600. The second-order valence-electron chi connectivity index (χ2n) is 5.03. The fourth-order valence-electron chi connectivity index (χ4n) is 2.57. The lowest BCUT2D eigenvalue weighted by molar-refractivity contribution is 0.258. The van der Waals surface area contributed by atoms with E-state index in [1.165, 1.54) is 19.5 Å². The Morgan fingerprint density at radius 3 is 2.94 bits per heavy atom. The predicted octanol–water partition coefficient (Wildman–Crippen LogP) is 2.00. The van der Waals surface area contributed by atoms with Crippen molar-refractivity contribution in [2.24, 2.45) is 5.92 Å². The molecular weight excluding hydrogens is 224 g/mol. The Morgan fingerprint density at radius 1 is 1.33 bits per heavy atom. The molecule has 0 aromatic heterocycles. The molecule has 1 N–H and O–H groups in total. The first-order chi connectivity index (χ1) is 8.88. The largest absolute Gasteiger partial charge is 0.494 e. The van der Waals surface area contributed by atoms with Crippen LogP contribution in [0, 0.1) is 5.92 Å². The van der Waals surface area contributed by atoms with E-state index in [0.717, 1.165) is 37.8 Å². The maximum absolute atomic E-state index is 5.70. The Kier molecular flexibility index (Phi) is 5.49. The van der Waals surface area contributed by atoms with Gasteiger partial charge in [-0.25, -0.2) is 0 Å². The lowest BCUT2D eigenvalue weighted by Crippen LogP contribution is -2.26. The van der Waals surface area contributed by atoms with Gasteiger partial charge in [-0.05, 0) is 51.0 Å². The van der Waals surface area contributed by atoms with Crippen LogP contribution in [0.3, 0.4) is 0 Å². The zero-order valence-electron chi connectivity index (χ0n) is 11.3. The van der Waals surface area contributed by atoms with Gasteiger partial charge in [-0.1, -0.05) is 18.2 Å². The zero-order chi connectivity index (χ0) is 12.6. The van der Waals surface area contributed by atoms with Crippen LogP contribution >= 0.6 is 0 Å². The molecule has 0 saturated carbocycles. The van der Waals surface area contributed by atoms with Gasteiger partial charge in [-0.3, -0.25) is 0 Å². The maximum Gasteiger partial charge on any atom is 0.119 e. The van der Waals surface area contributed by atoms with Gasteiger partial charge in [0.15, 0.2) is 0 Å². The molecule has 2 rings (SSSR count). The molecule has 1 aliphatic heterocycles. The van der Waals surface area contributed by atoms with E-state index in [9.17, 15) is 0 Å². The molecule has 0 aliphatic carbocycles. The van der Waals surface area contributed by atoms with Crippen molar-refractivity contribution in [1.29, 1.82) is 0 Å². The van der Waals surface area contributed by atoms with Gasteiger partial charge in [-0.15, -0.1) is 0 Å². The Labute approximate surface area is 110 Å². The number of likely N-dealkylation sites (tertiary alicyclic amines) is 1. The fourth-order valence-corrected chi connectivity index (χ4v) is 2.57. The van der Waals surface area contributed by atoms with Crippen molar-refractivity contribution in [3.8, 4) is 5.75 Å². The molecular formula is C15H24N2O. The molecule has 1 aromatic carbocycles. The lowest BCUT2D eigenvalue weighted by atomic mass is 10.1. The van der Waals surface area contributed by atoms with E-state index in [4.69, 9.17) is 4.74 Å². The highest BCUT2D eigenvalue weighted by atomic mass is 16.5. The number of rotatable bonds is 7. The molecule has 1 aliphatic rings. The molecule has 0 spiro atoms. The van der Waals surface area contributed by atoms with E-state index in [-0.39, 0.29) is 0 Å². The lowest BCUT2D eigenvalue weighted by Gasteiger charge is -2.16. The van der Waals surface area contributed by atoms with Gasteiger partial charge in [0.2, 0.25) is 0 Å². The van der Waals surface area contributed by atoms with Crippen LogP contribution < -0.4 is 10.1 Å². The van der Waals surface area contributed by atoms with Gasteiger partial charge >= 0.3 is 0 Å². The minimum absolute atomic E-state index is 0.817. The number of nitrogens with zero attached hydrogens (tertiary/aromatic N) is 1. The Morgan fingerprint density at radius 2 is 2.17 bits per heavy atom. The van der Waals surface area contributed by atoms with Crippen molar-refractivity contribution < 1.29 is 4.74 Å². The van der Waals surface area contributed by atoms with E-state index in [0.29, 0.717) is 0 Å². The van der Waals surface area contributed by atoms with Gasteiger partial charge in [0.25, 0.3) is 0 Å². The first-order valence-electron chi connectivity index (χ1n) is 6.93. The van der Waals surface area contributed by atoms with E-state index < -0.39 is 0 Å². The highest BCUT2D eigenvalue weighted by molar-refractivity contribution is 5.20. The molecule has 18 heavy (non-hydrogen) atoms. The van der Waals surface area contributed by atoms with E-state index in [1.54, 1.807) is 0 Å². The summed E-state index contributed by atoms with van der Waals surface area (Å²) in [5.74, 6) is 1.82. The van der Waals surface area contributed by atoms with Gasteiger partial charge in [0, 0.05) is 13.1 Å². The second kappa shape index (κ2) is 7.39. The van der Waals surface area contributed by atoms with Crippen molar-refractivity contribution in [1.82, 2.24) is 10.2 Å². The van der Waals surface area contributed by atoms with Gasteiger partial charge in [-0.2, -0.15) is 0 Å².